The van der Waals surface area contributed by atoms with E-state index in [-0.39, 0.29) is 5.82 Å². The number of hydrogen-bond donors (Lipinski definition) is 1. The van der Waals surface area contributed by atoms with E-state index in [0.29, 0.717) is 13.1 Å². The van der Waals surface area contributed by atoms with Gasteiger partial charge in [-0.2, -0.15) is 5.10 Å². The lowest BCUT2D eigenvalue weighted by Crippen LogP contribution is -2.12. The summed E-state index contributed by atoms with van der Waals surface area (Å²) in [6.07, 6.45) is 5.61. The van der Waals surface area contributed by atoms with E-state index in [2.05, 4.69) is 10.3 Å². The molecule has 0 saturated carbocycles. The van der Waals surface area contributed by atoms with E-state index in [0.717, 1.165) is 28.1 Å². The van der Waals surface area contributed by atoms with Crippen molar-refractivity contribution in [1.82, 2.24) is 20.1 Å². The van der Waals surface area contributed by atoms with Crippen LogP contribution in [0.4, 0.5) is 4.39 Å². The second-order valence-corrected chi connectivity index (χ2v) is 6.25. The van der Waals surface area contributed by atoms with Gasteiger partial charge in [-0.1, -0.05) is 30.3 Å². The van der Waals surface area contributed by atoms with Crippen molar-refractivity contribution in [3.8, 4) is 16.9 Å². The SMILES string of the molecule is Fc1ccc(CNCc2cn(-c3ccccc3)nc2-c2cccnc2)cc1. The van der Waals surface area contributed by atoms with Gasteiger partial charge in [-0.3, -0.25) is 4.98 Å². The van der Waals surface area contributed by atoms with Crippen molar-refractivity contribution in [1.29, 1.82) is 0 Å². The molecule has 27 heavy (non-hydrogen) atoms. The molecule has 0 fully saturated rings. The topological polar surface area (TPSA) is 42.7 Å². The average Bonchev–Trinajstić information content (AvgIpc) is 3.15. The molecule has 134 valence electrons. The lowest BCUT2D eigenvalue weighted by Gasteiger charge is -2.05. The first-order chi connectivity index (χ1) is 13.3. The Balaban J connectivity index is 1.58. The summed E-state index contributed by atoms with van der Waals surface area (Å²) < 4.78 is 14.9. The van der Waals surface area contributed by atoms with Gasteiger partial charge in [0, 0.05) is 42.8 Å². The molecule has 2 heterocycles. The monoisotopic (exact) mass is 358 g/mol. The van der Waals surface area contributed by atoms with Crippen LogP contribution < -0.4 is 5.32 Å². The Morgan fingerprint density at radius 2 is 1.70 bits per heavy atom. The fourth-order valence-electron chi connectivity index (χ4n) is 2.94. The zero-order chi connectivity index (χ0) is 18.5. The second kappa shape index (κ2) is 7.93. The lowest BCUT2D eigenvalue weighted by atomic mass is 10.1. The molecular formula is C22H19FN4. The molecule has 0 atom stereocenters. The maximum absolute atomic E-state index is 13.0. The van der Waals surface area contributed by atoms with Crippen molar-refractivity contribution in [2.45, 2.75) is 13.1 Å². The summed E-state index contributed by atoms with van der Waals surface area (Å²) in [6.45, 7) is 1.30. The maximum Gasteiger partial charge on any atom is 0.123 e. The Morgan fingerprint density at radius 1 is 0.889 bits per heavy atom. The van der Waals surface area contributed by atoms with E-state index in [9.17, 15) is 4.39 Å². The first-order valence-corrected chi connectivity index (χ1v) is 8.79. The van der Waals surface area contributed by atoms with Crippen LogP contribution in [0.1, 0.15) is 11.1 Å². The number of hydrogen-bond acceptors (Lipinski definition) is 3. The Hall–Kier alpha value is -3.31. The van der Waals surface area contributed by atoms with Crippen LogP contribution in [0.5, 0.6) is 0 Å². The van der Waals surface area contributed by atoms with Gasteiger partial charge >= 0.3 is 0 Å². The van der Waals surface area contributed by atoms with E-state index >= 15 is 0 Å². The number of para-hydroxylation sites is 1. The normalized spacial score (nSPS) is 10.9. The third-order valence-electron chi connectivity index (χ3n) is 4.30. The smallest absolute Gasteiger partial charge is 0.123 e. The number of nitrogens with one attached hydrogen (secondary N) is 1. The van der Waals surface area contributed by atoms with E-state index < -0.39 is 0 Å². The highest BCUT2D eigenvalue weighted by molar-refractivity contribution is 5.62. The predicted octanol–water partition coefficient (Wildman–Crippen LogP) is 4.36. The second-order valence-electron chi connectivity index (χ2n) is 6.25. The summed E-state index contributed by atoms with van der Waals surface area (Å²) in [5.74, 6) is -0.221. The van der Waals surface area contributed by atoms with Crippen LogP contribution in [0.25, 0.3) is 16.9 Å². The standard InChI is InChI=1S/C22H19FN4/c23-20-10-8-17(9-11-20)13-25-15-19-16-27(21-6-2-1-3-7-21)26-22(19)18-5-4-12-24-14-18/h1-12,14,16,25H,13,15H2. The minimum absolute atomic E-state index is 0.221. The molecule has 0 radical (unpaired) electrons. The zero-order valence-corrected chi connectivity index (χ0v) is 14.7. The van der Waals surface area contributed by atoms with Gasteiger partial charge in [0.1, 0.15) is 5.82 Å². The summed E-state index contributed by atoms with van der Waals surface area (Å²) in [7, 11) is 0. The van der Waals surface area contributed by atoms with E-state index in [4.69, 9.17) is 5.10 Å². The molecule has 4 rings (SSSR count). The summed E-state index contributed by atoms with van der Waals surface area (Å²) in [4.78, 5) is 4.22. The average molecular weight is 358 g/mol. The van der Waals surface area contributed by atoms with Crippen LogP contribution in [0.15, 0.2) is 85.3 Å². The highest BCUT2D eigenvalue weighted by Gasteiger charge is 2.12. The maximum atomic E-state index is 13.0. The van der Waals surface area contributed by atoms with Crippen LogP contribution in [0.3, 0.4) is 0 Å². The van der Waals surface area contributed by atoms with Crippen LogP contribution in [-0.2, 0) is 13.1 Å². The fourth-order valence-corrected chi connectivity index (χ4v) is 2.94. The minimum atomic E-state index is -0.221. The molecule has 0 spiro atoms. The van der Waals surface area contributed by atoms with E-state index in [1.807, 2.05) is 59.5 Å². The Labute approximate surface area is 157 Å². The molecule has 1 N–H and O–H groups in total. The molecule has 0 amide bonds. The Kier molecular flexibility index (Phi) is 5.03. The predicted molar refractivity (Wildman–Crippen MR) is 104 cm³/mol. The van der Waals surface area contributed by atoms with Crippen LogP contribution in [0, 0.1) is 5.82 Å². The fraction of sp³-hybridized carbons (Fsp3) is 0.0909. The first-order valence-electron chi connectivity index (χ1n) is 8.79. The van der Waals surface area contributed by atoms with Crippen LogP contribution in [-0.4, -0.2) is 14.8 Å². The number of pyridine rings is 1. The minimum Gasteiger partial charge on any atom is -0.308 e. The molecule has 0 aliphatic heterocycles. The van der Waals surface area contributed by atoms with Gasteiger partial charge in [0.2, 0.25) is 0 Å². The first kappa shape index (κ1) is 17.1. The number of halogens is 1. The van der Waals surface area contributed by atoms with Crippen molar-refractivity contribution in [3.05, 3.63) is 102 Å². The summed E-state index contributed by atoms with van der Waals surface area (Å²) in [5.41, 5.74) is 5.00. The molecule has 4 aromatic rings. The summed E-state index contributed by atoms with van der Waals surface area (Å²) >= 11 is 0. The van der Waals surface area contributed by atoms with Crippen molar-refractivity contribution < 1.29 is 4.39 Å². The number of benzene rings is 2. The molecule has 2 aromatic carbocycles. The molecule has 2 aromatic heterocycles. The van der Waals surface area contributed by atoms with Gasteiger partial charge in [0.15, 0.2) is 0 Å². The van der Waals surface area contributed by atoms with E-state index in [1.54, 1.807) is 18.3 Å². The number of nitrogens with zero attached hydrogens (tertiary/aromatic N) is 3. The summed E-state index contributed by atoms with van der Waals surface area (Å²) in [5, 5.41) is 8.19. The molecule has 0 aliphatic carbocycles. The molecule has 0 unspecified atom stereocenters. The van der Waals surface area contributed by atoms with Gasteiger partial charge in [-0.15, -0.1) is 0 Å². The van der Waals surface area contributed by atoms with Gasteiger partial charge in [-0.25, -0.2) is 9.07 Å². The van der Waals surface area contributed by atoms with Gasteiger partial charge < -0.3 is 5.32 Å². The van der Waals surface area contributed by atoms with E-state index in [1.165, 1.54) is 12.1 Å². The van der Waals surface area contributed by atoms with Gasteiger partial charge in [0.25, 0.3) is 0 Å². The number of rotatable bonds is 6. The van der Waals surface area contributed by atoms with Gasteiger partial charge in [-0.05, 0) is 42.0 Å². The van der Waals surface area contributed by atoms with Crippen molar-refractivity contribution in [3.63, 3.8) is 0 Å². The van der Waals surface area contributed by atoms with Crippen LogP contribution >= 0.6 is 0 Å². The molecule has 4 nitrogen and oxygen atoms in total. The highest BCUT2D eigenvalue weighted by atomic mass is 19.1. The van der Waals surface area contributed by atoms with Crippen molar-refractivity contribution >= 4 is 0 Å². The summed E-state index contributed by atoms with van der Waals surface area (Å²) in [6, 6.07) is 20.5. The highest BCUT2D eigenvalue weighted by Crippen LogP contribution is 2.23. The largest absolute Gasteiger partial charge is 0.308 e. The Bertz CT molecular complexity index is 996. The van der Waals surface area contributed by atoms with Gasteiger partial charge in [0.05, 0.1) is 11.4 Å². The van der Waals surface area contributed by atoms with Crippen LogP contribution in [0.2, 0.25) is 0 Å². The third-order valence-corrected chi connectivity index (χ3v) is 4.30. The van der Waals surface area contributed by atoms with Crippen molar-refractivity contribution in [2.75, 3.05) is 0 Å². The molecule has 0 bridgehead atoms. The molecular weight excluding hydrogens is 339 g/mol. The molecule has 0 aliphatic rings. The zero-order valence-electron chi connectivity index (χ0n) is 14.7. The third kappa shape index (κ3) is 4.10. The molecule has 0 saturated heterocycles. The molecule has 5 heteroatoms. The quantitative estimate of drug-likeness (QED) is 0.557. The Morgan fingerprint density at radius 3 is 2.44 bits per heavy atom. The number of aromatic nitrogens is 3. The lowest BCUT2D eigenvalue weighted by molar-refractivity contribution is 0.625. The van der Waals surface area contributed by atoms with Crippen molar-refractivity contribution in [2.24, 2.45) is 0 Å².